The second-order valence-electron chi connectivity index (χ2n) is 3.60. The summed E-state index contributed by atoms with van der Waals surface area (Å²) >= 11 is 0. The molecule has 84 valence electrons. The van der Waals surface area contributed by atoms with E-state index in [0.29, 0.717) is 5.69 Å². The molecule has 0 bridgehead atoms. The monoisotopic (exact) mass is 227 g/mol. The molecule has 0 aliphatic carbocycles. The summed E-state index contributed by atoms with van der Waals surface area (Å²) in [5.41, 5.74) is 2.08. The molecule has 1 aromatic carbocycles. The highest BCUT2D eigenvalue weighted by atomic mass is 16.1. The summed E-state index contributed by atoms with van der Waals surface area (Å²) in [5, 5.41) is 16.8. The second kappa shape index (κ2) is 3.75. The van der Waals surface area contributed by atoms with Gasteiger partial charge in [-0.05, 0) is 24.3 Å². The van der Waals surface area contributed by atoms with Crippen LogP contribution in [0.1, 0.15) is 10.5 Å². The number of aromatic nitrogens is 4. The van der Waals surface area contributed by atoms with Crippen LogP contribution in [0.5, 0.6) is 0 Å². The van der Waals surface area contributed by atoms with Crippen LogP contribution < -0.4 is 5.32 Å². The first-order valence-electron chi connectivity index (χ1n) is 5.07. The number of carbonyl (C=O) groups excluding carboxylic acids is 1. The van der Waals surface area contributed by atoms with E-state index in [9.17, 15) is 4.79 Å². The lowest BCUT2D eigenvalue weighted by Crippen LogP contribution is -2.12. The van der Waals surface area contributed by atoms with Gasteiger partial charge in [0.1, 0.15) is 5.69 Å². The van der Waals surface area contributed by atoms with E-state index in [-0.39, 0.29) is 5.91 Å². The van der Waals surface area contributed by atoms with Crippen LogP contribution >= 0.6 is 0 Å². The first-order chi connectivity index (χ1) is 8.33. The maximum absolute atomic E-state index is 11.7. The number of anilines is 1. The molecule has 0 saturated heterocycles. The lowest BCUT2D eigenvalue weighted by Gasteiger charge is -2.02. The molecule has 6 nitrogen and oxygen atoms in total. The van der Waals surface area contributed by atoms with Crippen LogP contribution in [-0.4, -0.2) is 26.3 Å². The average Bonchev–Trinajstić information content (AvgIpc) is 2.99. The Kier molecular flexibility index (Phi) is 2.11. The number of benzene rings is 1. The average molecular weight is 227 g/mol. The van der Waals surface area contributed by atoms with Gasteiger partial charge >= 0.3 is 0 Å². The van der Waals surface area contributed by atoms with Crippen LogP contribution in [0.3, 0.4) is 0 Å². The number of nitrogens with zero attached hydrogens (tertiary/aromatic N) is 2. The Morgan fingerprint density at radius 3 is 2.94 bits per heavy atom. The number of aromatic amines is 2. The number of hydrogen-bond donors (Lipinski definition) is 3. The molecule has 0 unspecified atom stereocenters. The van der Waals surface area contributed by atoms with Gasteiger partial charge in [-0.25, -0.2) is 0 Å². The van der Waals surface area contributed by atoms with E-state index >= 15 is 0 Å². The third-order valence-corrected chi connectivity index (χ3v) is 2.44. The fourth-order valence-corrected chi connectivity index (χ4v) is 1.60. The van der Waals surface area contributed by atoms with Crippen LogP contribution in [0.2, 0.25) is 0 Å². The minimum atomic E-state index is -0.217. The molecule has 3 aromatic rings. The standard InChI is InChI=1S/C11H9N5O/c17-11(10-3-4-12-16-10)14-8-1-2-9-7(5-8)6-13-15-9/h1-6H,(H,12,16)(H,13,15)(H,14,17). The van der Waals surface area contributed by atoms with Crippen LogP contribution in [0, 0.1) is 0 Å². The molecular formula is C11H9N5O. The number of fused-ring (bicyclic) bond motifs is 1. The van der Waals surface area contributed by atoms with E-state index in [1.54, 1.807) is 12.3 Å². The molecule has 3 rings (SSSR count). The molecular weight excluding hydrogens is 218 g/mol. The van der Waals surface area contributed by atoms with E-state index in [0.717, 1.165) is 16.6 Å². The van der Waals surface area contributed by atoms with Crippen molar-refractivity contribution in [2.45, 2.75) is 0 Å². The van der Waals surface area contributed by atoms with Crippen LogP contribution in [-0.2, 0) is 0 Å². The maximum atomic E-state index is 11.7. The zero-order chi connectivity index (χ0) is 11.7. The van der Waals surface area contributed by atoms with Crippen molar-refractivity contribution in [1.29, 1.82) is 0 Å². The normalized spacial score (nSPS) is 10.6. The summed E-state index contributed by atoms with van der Waals surface area (Å²) in [5.74, 6) is -0.217. The predicted molar refractivity (Wildman–Crippen MR) is 62.6 cm³/mol. The summed E-state index contributed by atoms with van der Waals surface area (Å²) in [6, 6.07) is 7.15. The van der Waals surface area contributed by atoms with E-state index in [2.05, 4.69) is 25.7 Å². The van der Waals surface area contributed by atoms with Gasteiger partial charge in [0.2, 0.25) is 0 Å². The third-order valence-electron chi connectivity index (χ3n) is 2.44. The van der Waals surface area contributed by atoms with Gasteiger partial charge in [0.05, 0.1) is 11.7 Å². The highest BCUT2D eigenvalue weighted by Gasteiger charge is 2.07. The molecule has 0 atom stereocenters. The summed E-state index contributed by atoms with van der Waals surface area (Å²) < 4.78 is 0. The summed E-state index contributed by atoms with van der Waals surface area (Å²) in [6.45, 7) is 0. The SMILES string of the molecule is O=C(Nc1ccc2[nH]ncc2c1)c1ccn[nH]1. The number of H-pyrrole nitrogens is 2. The summed E-state index contributed by atoms with van der Waals surface area (Å²) in [4.78, 5) is 11.7. The predicted octanol–water partition coefficient (Wildman–Crippen LogP) is 1.54. The van der Waals surface area contributed by atoms with Gasteiger partial charge < -0.3 is 5.32 Å². The smallest absolute Gasteiger partial charge is 0.273 e. The van der Waals surface area contributed by atoms with E-state index in [1.807, 2.05) is 18.2 Å². The van der Waals surface area contributed by atoms with Crippen LogP contribution in [0.15, 0.2) is 36.7 Å². The van der Waals surface area contributed by atoms with Gasteiger partial charge in [-0.2, -0.15) is 10.2 Å². The fourth-order valence-electron chi connectivity index (χ4n) is 1.60. The van der Waals surface area contributed by atoms with Gasteiger partial charge in [0, 0.05) is 17.3 Å². The molecule has 0 fully saturated rings. The van der Waals surface area contributed by atoms with Crippen molar-refractivity contribution in [2.75, 3.05) is 5.32 Å². The lowest BCUT2D eigenvalue weighted by molar-refractivity contribution is 0.102. The summed E-state index contributed by atoms with van der Waals surface area (Å²) in [7, 11) is 0. The van der Waals surface area contributed by atoms with Gasteiger partial charge in [-0.15, -0.1) is 0 Å². The largest absolute Gasteiger partial charge is 0.321 e. The van der Waals surface area contributed by atoms with Crippen molar-refractivity contribution >= 4 is 22.5 Å². The van der Waals surface area contributed by atoms with Crippen LogP contribution in [0.4, 0.5) is 5.69 Å². The number of rotatable bonds is 2. The van der Waals surface area contributed by atoms with Crippen LogP contribution in [0.25, 0.3) is 10.9 Å². The quantitative estimate of drug-likeness (QED) is 0.620. The molecule has 3 N–H and O–H groups in total. The Morgan fingerprint density at radius 2 is 2.12 bits per heavy atom. The molecule has 17 heavy (non-hydrogen) atoms. The highest BCUT2D eigenvalue weighted by Crippen LogP contribution is 2.17. The van der Waals surface area contributed by atoms with Gasteiger partial charge in [0.25, 0.3) is 5.91 Å². The van der Waals surface area contributed by atoms with Crippen molar-refractivity contribution in [3.05, 3.63) is 42.4 Å². The van der Waals surface area contributed by atoms with Crippen molar-refractivity contribution in [1.82, 2.24) is 20.4 Å². The molecule has 1 amide bonds. The Balaban J connectivity index is 1.87. The Bertz CT molecular complexity index is 655. The van der Waals surface area contributed by atoms with Gasteiger partial charge in [-0.1, -0.05) is 0 Å². The number of amides is 1. The van der Waals surface area contributed by atoms with Crippen molar-refractivity contribution in [2.24, 2.45) is 0 Å². The molecule has 0 saturated carbocycles. The van der Waals surface area contributed by atoms with Crippen molar-refractivity contribution < 1.29 is 4.79 Å². The Morgan fingerprint density at radius 1 is 1.18 bits per heavy atom. The molecule has 0 aliphatic heterocycles. The number of hydrogen-bond acceptors (Lipinski definition) is 3. The Labute approximate surface area is 96.0 Å². The minimum absolute atomic E-state index is 0.217. The Hall–Kier alpha value is -2.63. The second-order valence-corrected chi connectivity index (χ2v) is 3.60. The molecule has 0 radical (unpaired) electrons. The summed E-state index contributed by atoms with van der Waals surface area (Å²) in [6.07, 6.45) is 3.25. The highest BCUT2D eigenvalue weighted by molar-refractivity contribution is 6.03. The number of nitrogens with one attached hydrogen (secondary N) is 3. The van der Waals surface area contributed by atoms with E-state index < -0.39 is 0 Å². The lowest BCUT2D eigenvalue weighted by atomic mass is 10.2. The van der Waals surface area contributed by atoms with Crippen molar-refractivity contribution in [3.8, 4) is 0 Å². The first kappa shape index (κ1) is 9.59. The number of carbonyl (C=O) groups is 1. The van der Waals surface area contributed by atoms with E-state index in [4.69, 9.17) is 0 Å². The van der Waals surface area contributed by atoms with E-state index in [1.165, 1.54) is 6.20 Å². The zero-order valence-corrected chi connectivity index (χ0v) is 8.77. The van der Waals surface area contributed by atoms with Gasteiger partial charge in [0.15, 0.2) is 0 Å². The zero-order valence-electron chi connectivity index (χ0n) is 8.77. The molecule has 6 heteroatoms. The van der Waals surface area contributed by atoms with Gasteiger partial charge in [-0.3, -0.25) is 15.0 Å². The van der Waals surface area contributed by atoms with Crippen molar-refractivity contribution in [3.63, 3.8) is 0 Å². The molecule has 2 heterocycles. The first-order valence-corrected chi connectivity index (χ1v) is 5.07. The minimum Gasteiger partial charge on any atom is -0.321 e. The molecule has 0 spiro atoms. The topological polar surface area (TPSA) is 86.5 Å². The maximum Gasteiger partial charge on any atom is 0.273 e. The third kappa shape index (κ3) is 1.76. The molecule has 2 aromatic heterocycles. The fraction of sp³-hybridized carbons (Fsp3) is 0. The molecule has 0 aliphatic rings.